The van der Waals surface area contributed by atoms with Crippen LogP contribution in [-0.4, -0.2) is 42.2 Å². The van der Waals surface area contributed by atoms with Crippen molar-refractivity contribution in [3.8, 4) is 5.75 Å². The summed E-state index contributed by atoms with van der Waals surface area (Å²) in [7, 11) is 1.62. The third kappa shape index (κ3) is 8.40. The highest BCUT2D eigenvalue weighted by atomic mass is 35.5. The monoisotopic (exact) mass is 476 g/mol. The van der Waals surface area contributed by atoms with E-state index in [-0.39, 0.29) is 11.8 Å². The van der Waals surface area contributed by atoms with Crippen LogP contribution in [0, 0.1) is 0 Å². The molecule has 0 aliphatic heterocycles. The molecular formula is C25H33ClN2O3S. The van der Waals surface area contributed by atoms with Crippen LogP contribution in [0.5, 0.6) is 5.75 Å². The number of ether oxygens (including phenoxy) is 1. The van der Waals surface area contributed by atoms with Crippen LogP contribution in [0.1, 0.15) is 45.1 Å². The van der Waals surface area contributed by atoms with Crippen molar-refractivity contribution < 1.29 is 14.3 Å². The lowest BCUT2D eigenvalue weighted by Crippen LogP contribution is -2.49. The number of nitrogens with zero attached hydrogens (tertiary/aromatic N) is 1. The smallest absolute Gasteiger partial charge is 0.242 e. The first-order valence-corrected chi connectivity index (χ1v) is 12.4. The molecule has 1 atom stereocenters. The molecule has 5 nitrogen and oxygen atoms in total. The first-order valence-electron chi connectivity index (χ1n) is 11.1. The van der Waals surface area contributed by atoms with Gasteiger partial charge in [0.1, 0.15) is 11.8 Å². The quantitative estimate of drug-likeness (QED) is 0.304. The number of methoxy groups -OCH3 is 1. The molecule has 2 aromatic carbocycles. The second kappa shape index (κ2) is 14.1. The number of carbonyl (C=O) groups is 2. The Hall–Kier alpha value is -2.18. The van der Waals surface area contributed by atoms with Gasteiger partial charge in [-0.05, 0) is 67.0 Å². The Balaban J connectivity index is 2.04. The van der Waals surface area contributed by atoms with E-state index in [1.54, 1.807) is 23.8 Å². The maximum absolute atomic E-state index is 13.2. The Kier molecular flexibility index (Phi) is 11.5. The summed E-state index contributed by atoms with van der Waals surface area (Å²) in [4.78, 5) is 28.8. The molecular weight excluding hydrogens is 444 g/mol. The maximum atomic E-state index is 13.2. The van der Waals surface area contributed by atoms with Gasteiger partial charge in [0.2, 0.25) is 11.8 Å². The molecule has 7 heteroatoms. The van der Waals surface area contributed by atoms with Crippen LogP contribution in [0.2, 0.25) is 5.02 Å². The first-order chi connectivity index (χ1) is 15.5. The highest BCUT2D eigenvalue weighted by Gasteiger charge is 2.28. The topological polar surface area (TPSA) is 58.6 Å². The van der Waals surface area contributed by atoms with Gasteiger partial charge < -0.3 is 15.0 Å². The summed E-state index contributed by atoms with van der Waals surface area (Å²) in [5, 5.41) is 3.66. The minimum atomic E-state index is -0.486. The summed E-state index contributed by atoms with van der Waals surface area (Å²) in [6.45, 7) is 4.96. The molecule has 0 saturated heterocycles. The fourth-order valence-electron chi connectivity index (χ4n) is 3.30. The molecule has 32 heavy (non-hydrogen) atoms. The lowest BCUT2D eigenvalue weighted by atomic mass is 10.1. The second-order valence-corrected chi connectivity index (χ2v) is 9.10. The predicted molar refractivity (Wildman–Crippen MR) is 132 cm³/mol. The van der Waals surface area contributed by atoms with Gasteiger partial charge in [-0.25, -0.2) is 0 Å². The number of nitrogens with one attached hydrogen (secondary N) is 1. The second-order valence-electron chi connectivity index (χ2n) is 7.49. The molecule has 174 valence electrons. The Morgan fingerprint density at radius 1 is 1.09 bits per heavy atom. The summed E-state index contributed by atoms with van der Waals surface area (Å²) in [5.41, 5.74) is 0.969. The van der Waals surface area contributed by atoms with Gasteiger partial charge in [-0.3, -0.25) is 9.59 Å². The third-order valence-electron chi connectivity index (χ3n) is 5.06. The Morgan fingerprint density at radius 3 is 2.38 bits per heavy atom. The number of amides is 2. The molecule has 1 unspecified atom stereocenters. The standard InChI is InChI=1S/C25H33ClN2O3S/c1-4-16-27-25(30)23(5-2)28(18-19-8-12-21(31-3)13-9-19)24(29)7-6-17-32-22-14-10-20(26)11-15-22/h8-15,23H,4-7,16-18H2,1-3H3,(H,27,30). The fourth-order valence-corrected chi connectivity index (χ4v) is 4.28. The van der Waals surface area contributed by atoms with Crippen molar-refractivity contribution in [3.63, 3.8) is 0 Å². The summed E-state index contributed by atoms with van der Waals surface area (Å²) in [6, 6.07) is 14.8. The zero-order chi connectivity index (χ0) is 23.3. The number of thioether (sulfide) groups is 1. The van der Waals surface area contributed by atoms with Crippen LogP contribution in [-0.2, 0) is 16.1 Å². The molecule has 0 aliphatic rings. The van der Waals surface area contributed by atoms with E-state index in [9.17, 15) is 9.59 Å². The molecule has 1 N–H and O–H groups in total. The van der Waals surface area contributed by atoms with Crippen molar-refractivity contribution in [2.75, 3.05) is 19.4 Å². The van der Waals surface area contributed by atoms with Gasteiger partial charge in [-0.15, -0.1) is 11.8 Å². The SMILES string of the molecule is CCCNC(=O)C(CC)N(Cc1ccc(OC)cc1)C(=O)CCCSc1ccc(Cl)cc1. The summed E-state index contributed by atoms with van der Waals surface area (Å²) < 4.78 is 5.23. The van der Waals surface area contributed by atoms with Crippen molar-refractivity contribution >= 4 is 35.2 Å². The number of rotatable bonds is 13. The summed E-state index contributed by atoms with van der Waals surface area (Å²) in [6.07, 6.45) is 2.56. The predicted octanol–water partition coefficient (Wildman–Crippen LogP) is 5.55. The minimum Gasteiger partial charge on any atom is -0.497 e. The molecule has 0 bridgehead atoms. The Bertz CT molecular complexity index is 843. The number of halogens is 1. The highest BCUT2D eigenvalue weighted by Crippen LogP contribution is 2.22. The molecule has 2 amide bonds. The van der Waals surface area contributed by atoms with E-state index >= 15 is 0 Å². The van der Waals surface area contributed by atoms with E-state index < -0.39 is 6.04 Å². The molecule has 0 heterocycles. The van der Waals surface area contributed by atoms with Crippen LogP contribution < -0.4 is 10.1 Å². The Labute approximate surface area is 200 Å². The fraction of sp³-hybridized carbons (Fsp3) is 0.440. The zero-order valence-electron chi connectivity index (χ0n) is 19.1. The zero-order valence-corrected chi connectivity index (χ0v) is 20.7. The summed E-state index contributed by atoms with van der Waals surface area (Å²) >= 11 is 7.63. The van der Waals surface area contributed by atoms with E-state index in [1.807, 2.05) is 62.4 Å². The van der Waals surface area contributed by atoms with E-state index in [4.69, 9.17) is 16.3 Å². The van der Waals surface area contributed by atoms with E-state index in [2.05, 4.69) is 5.32 Å². The van der Waals surface area contributed by atoms with Crippen LogP contribution >= 0.6 is 23.4 Å². The van der Waals surface area contributed by atoms with Crippen LogP contribution in [0.15, 0.2) is 53.4 Å². The van der Waals surface area contributed by atoms with Gasteiger partial charge in [0, 0.05) is 29.4 Å². The molecule has 2 rings (SSSR count). The van der Waals surface area contributed by atoms with E-state index in [1.165, 1.54) is 0 Å². The highest BCUT2D eigenvalue weighted by molar-refractivity contribution is 7.99. The number of carbonyl (C=O) groups excluding carboxylic acids is 2. The lowest BCUT2D eigenvalue weighted by Gasteiger charge is -2.30. The number of hydrogen-bond donors (Lipinski definition) is 1. The minimum absolute atomic E-state index is 0.00368. The maximum Gasteiger partial charge on any atom is 0.242 e. The number of benzene rings is 2. The van der Waals surface area contributed by atoms with Gasteiger partial charge >= 0.3 is 0 Å². The van der Waals surface area contributed by atoms with Crippen LogP contribution in [0.3, 0.4) is 0 Å². The summed E-state index contributed by atoms with van der Waals surface area (Å²) in [5.74, 6) is 1.49. The van der Waals surface area contributed by atoms with Crippen molar-refractivity contribution in [2.45, 2.75) is 57.0 Å². The van der Waals surface area contributed by atoms with Gasteiger partial charge in [0.05, 0.1) is 7.11 Å². The molecule has 0 aromatic heterocycles. The van der Waals surface area contributed by atoms with Crippen molar-refractivity contribution in [1.82, 2.24) is 10.2 Å². The van der Waals surface area contributed by atoms with Gasteiger partial charge in [0.25, 0.3) is 0 Å². The normalized spacial score (nSPS) is 11.6. The average Bonchev–Trinajstić information content (AvgIpc) is 2.81. The van der Waals surface area contributed by atoms with Crippen LogP contribution in [0.4, 0.5) is 0 Å². The van der Waals surface area contributed by atoms with Crippen molar-refractivity contribution in [1.29, 1.82) is 0 Å². The Morgan fingerprint density at radius 2 is 1.78 bits per heavy atom. The van der Waals surface area contributed by atoms with Crippen molar-refractivity contribution in [3.05, 3.63) is 59.1 Å². The molecule has 0 fully saturated rings. The van der Waals surface area contributed by atoms with Gasteiger partial charge in [-0.2, -0.15) is 0 Å². The van der Waals surface area contributed by atoms with Gasteiger partial charge in [-0.1, -0.05) is 37.6 Å². The van der Waals surface area contributed by atoms with Crippen molar-refractivity contribution in [2.24, 2.45) is 0 Å². The molecule has 0 aliphatic carbocycles. The largest absolute Gasteiger partial charge is 0.497 e. The van der Waals surface area contributed by atoms with Gasteiger partial charge in [0.15, 0.2) is 0 Å². The lowest BCUT2D eigenvalue weighted by molar-refractivity contribution is -0.141. The molecule has 2 aromatic rings. The third-order valence-corrected chi connectivity index (χ3v) is 6.41. The first kappa shape index (κ1) is 26.1. The van der Waals surface area contributed by atoms with E-state index in [0.29, 0.717) is 31.0 Å². The average molecular weight is 477 g/mol. The molecule has 0 spiro atoms. The molecule has 0 saturated carbocycles. The molecule has 0 radical (unpaired) electrons. The van der Waals surface area contributed by atoms with Crippen LogP contribution in [0.25, 0.3) is 0 Å². The number of hydrogen-bond acceptors (Lipinski definition) is 4. The van der Waals surface area contributed by atoms with E-state index in [0.717, 1.165) is 34.8 Å².